The zero-order chi connectivity index (χ0) is 18.0. The number of sulfonamides is 1. The summed E-state index contributed by atoms with van der Waals surface area (Å²) in [7, 11) is -3.55. The van der Waals surface area contributed by atoms with Crippen molar-refractivity contribution in [3.63, 3.8) is 0 Å². The monoisotopic (exact) mass is 361 g/mol. The van der Waals surface area contributed by atoms with Crippen LogP contribution in [0.2, 0.25) is 0 Å². The second-order valence-electron chi connectivity index (χ2n) is 5.96. The number of nitrogens with zero attached hydrogens (tertiary/aromatic N) is 3. The average Bonchev–Trinajstić information content (AvgIpc) is 2.62. The van der Waals surface area contributed by atoms with Crippen LogP contribution in [0.5, 0.6) is 0 Å². The Hall–Kier alpha value is -2.45. The van der Waals surface area contributed by atoms with Crippen molar-refractivity contribution in [1.29, 1.82) is 0 Å². The normalized spacial score (nSPS) is 16.0. The third-order valence-corrected chi connectivity index (χ3v) is 6.15. The van der Waals surface area contributed by atoms with Crippen molar-refractivity contribution in [2.75, 3.05) is 26.2 Å². The lowest BCUT2D eigenvalue weighted by Gasteiger charge is -2.34. The number of hydrogen-bond acceptors (Lipinski definition) is 4. The fourth-order valence-corrected chi connectivity index (χ4v) is 4.15. The quantitative estimate of drug-likeness (QED) is 0.597. The van der Waals surface area contributed by atoms with Gasteiger partial charge in [-0.3, -0.25) is 4.79 Å². The molecule has 132 valence electrons. The van der Waals surface area contributed by atoms with Crippen LogP contribution >= 0.6 is 0 Å². The molecule has 0 spiro atoms. The van der Waals surface area contributed by atoms with E-state index in [2.05, 4.69) is 0 Å². The fraction of sp³-hybridized carbons (Fsp3) is 0.294. The molecule has 1 aliphatic rings. The molecule has 1 amide bonds. The van der Waals surface area contributed by atoms with Crippen LogP contribution in [-0.4, -0.2) is 49.7 Å². The minimum Gasteiger partial charge on any atom is -0.619 e. The third kappa shape index (κ3) is 3.64. The maximum atomic E-state index is 12.7. The highest BCUT2D eigenvalue weighted by atomic mass is 32.2. The van der Waals surface area contributed by atoms with Gasteiger partial charge < -0.3 is 10.1 Å². The molecule has 0 unspecified atom stereocenters. The Morgan fingerprint density at radius 1 is 1.00 bits per heavy atom. The van der Waals surface area contributed by atoms with E-state index in [1.54, 1.807) is 29.2 Å². The first-order chi connectivity index (χ1) is 11.9. The standard InChI is InChI=1S/C17H19N3O4S/c1-14-2-4-16(5-3-14)25(23,24)20-12-10-18(11-13-20)17(21)15-6-8-19(22)9-7-15/h2-9H,10-13H2,1H3. The topological polar surface area (TPSA) is 84.6 Å². The molecule has 2 heterocycles. The summed E-state index contributed by atoms with van der Waals surface area (Å²) >= 11 is 0. The van der Waals surface area contributed by atoms with Gasteiger partial charge in [-0.1, -0.05) is 17.7 Å². The summed E-state index contributed by atoms with van der Waals surface area (Å²) in [6.07, 6.45) is 2.54. The molecule has 1 aromatic carbocycles. The third-order valence-electron chi connectivity index (χ3n) is 4.23. The molecule has 8 heteroatoms. The molecule has 25 heavy (non-hydrogen) atoms. The van der Waals surface area contributed by atoms with E-state index in [-0.39, 0.29) is 23.9 Å². The molecule has 0 bridgehead atoms. The van der Waals surface area contributed by atoms with E-state index in [0.29, 0.717) is 23.4 Å². The van der Waals surface area contributed by atoms with E-state index in [1.165, 1.54) is 28.8 Å². The lowest BCUT2D eigenvalue weighted by atomic mass is 10.2. The number of aromatic nitrogens is 1. The maximum absolute atomic E-state index is 12.7. The summed E-state index contributed by atoms with van der Waals surface area (Å²) in [4.78, 5) is 14.3. The summed E-state index contributed by atoms with van der Waals surface area (Å²) in [6, 6.07) is 9.67. The summed E-state index contributed by atoms with van der Waals surface area (Å²) in [5, 5.41) is 11.0. The molecule has 1 aromatic heterocycles. The van der Waals surface area contributed by atoms with Crippen LogP contribution in [-0.2, 0) is 10.0 Å². The van der Waals surface area contributed by atoms with E-state index >= 15 is 0 Å². The molecule has 0 saturated carbocycles. The molecule has 0 atom stereocenters. The summed E-state index contributed by atoms with van der Waals surface area (Å²) in [6.45, 7) is 3.03. The van der Waals surface area contributed by atoms with Gasteiger partial charge in [-0.15, -0.1) is 0 Å². The van der Waals surface area contributed by atoms with Gasteiger partial charge in [0.1, 0.15) is 0 Å². The predicted molar refractivity (Wildman–Crippen MR) is 91.2 cm³/mol. The predicted octanol–water partition coefficient (Wildman–Crippen LogP) is 0.775. The molecular formula is C17H19N3O4S. The van der Waals surface area contributed by atoms with Crippen molar-refractivity contribution in [2.24, 2.45) is 0 Å². The van der Waals surface area contributed by atoms with E-state index in [1.807, 2.05) is 6.92 Å². The molecule has 1 fully saturated rings. The first-order valence-electron chi connectivity index (χ1n) is 7.93. The highest BCUT2D eigenvalue weighted by molar-refractivity contribution is 7.89. The summed E-state index contributed by atoms with van der Waals surface area (Å²) < 4.78 is 27.3. The maximum Gasteiger partial charge on any atom is 0.254 e. The van der Waals surface area contributed by atoms with Crippen molar-refractivity contribution >= 4 is 15.9 Å². The largest absolute Gasteiger partial charge is 0.619 e. The molecular weight excluding hydrogens is 342 g/mol. The van der Waals surface area contributed by atoms with Gasteiger partial charge in [0, 0.05) is 38.3 Å². The minimum absolute atomic E-state index is 0.201. The Morgan fingerprint density at radius 2 is 1.56 bits per heavy atom. The molecule has 0 aliphatic carbocycles. The number of carbonyl (C=O) groups excluding carboxylic acids is 1. The van der Waals surface area contributed by atoms with Gasteiger partial charge in [0.15, 0.2) is 12.4 Å². The molecule has 0 radical (unpaired) electrons. The Morgan fingerprint density at radius 3 is 2.12 bits per heavy atom. The highest BCUT2D eigenvalue weighted by Crippen LogP contribution is 2.18. The van der Waals surface area contributed by atoms with Crippen molar-refractivity contribution < 1.29 is 17.9 Å². The SMILES string of the molecule is Cc1ccc(S(=O)(=O)N2CCN(C(=O)c3cc[n+]([O-])cc3)CC2)cc1. The molecule has 7 nitrogen and oxygen atoms in total. The Labute approximate surface area is 146 Å². The first kappa shape index (κ1) is 17.4. The number of rotatable bonds is 3. The van der Waals surface area contributed by atoms with Crippen LogP contribution in [0.1, 0.15) is 15.9 Å². The lowest BCUT2D eigenvalue weighted by molar-refractivity contribution is -0.605. The lowest BCUT2D eigenvalue weighted by Crippen LogP contribution is -2.50. The van der Waals surface area contributed by atoms with Gasteiger partial charge in [-0.25, -0.2) is 8.42 Å². The van der Waals surface area contributed by atoms with Gasteiger partial charge in [-0.2, -0.15) is 9.04 Å². The Balaban J connectivity index is 1.68. The zero-order valence-corrected chi connectivity index (χ0v) is 14.6. The highest BCUT2D eigenvalue weighted by Gasteiger charge is 2.30. The molecule has 1 aliphatic heterocycles. The number of amides is 1. The van der Waals surface area contributed by atoms with Crippen LogP contribution in [0.15, 0.2) is 53.7 Å². The van der Waals surface area contributed by atoms with Gasteiger partial charge in [-0.05, 0) is 19.1 Å². The summed E-state index contributed by atoms with van der Waals surface area (Å²) in [5.74, 6) is -0.201. The van der Waals surface area contributed by atoms with E-state index in [4.69, 9.17) is 0 Å². The van der Waals surface area contributed by atoms with Crippen LogP contribution in [0.4, 0.5) is 0 Å². The van der Waals surface area contributed by atoms with Gasteiger partial charge >= 0.3 is 0 Å². The molecule has 3 rings (SSSR count). The minimum atomic E-state index is -3.55. The van der Waals surface area contributed by atoms with Crippen molar-refractivity contribution in [2.45, 2.75) is 11.8 Å². The second kappa shape index (κ2) is 6.81. The van der Waals surface area contributed by atoms with Crippen molar-refractivity contribution in [3.05, 3.63) is 65.1 Å². The summed E-state index contributed by atoms with van der Waals surface area (Å²) in [5.41, 5.74) is 1.42. The molecule has 1 saturated heterocycles. The van der Waals surface area contributed by atoms with Crippen LogP contribution in [0, 0.1) is 12.1 Å². The van der Waals surface area contributed by atoms with Crippen LogP contribution in [0.3, 0.4) is 0 Å². The van der Waals surface area contributed by atoms with Crippen molar-refractivity contribution in [3.8, 4) is 0 Å². The number of hydrogen-bond donors (Lipinski definition) is 0. The van der Waals surface area contributed by atoms with Crippen LogP contribution < -0.4 is 4.73 Å². The van der Waals surface area contributed by atoms with E-state index < -0.39 is 10.0 Å². The Bertz CT molecular complexity index is 856. The zero-order valence-electron chi connectivity index (χ0n) is 13.8. The molecule has 2 aromatic rings. The van der Waals surface area contributed by atoms with E-state index in [0.717, 1.165) is 5.56 Å². The Kier molecular flexibility index (Phi) is 4.73. The molecule has 0 N–H and O–H groups in total. The number of benzene rings is 1. The van der Waals surface area contributed by atoms with Gasteiger partial charge in [0.05, 0.1) is 10.5 Å². The van der Waals surface area contributed by atoms with Gasteiger partial charge in [0.25, 0.3) is 5.91 Å². The number of carbonyl (C=O) groups is 1. The fourth-order valence-electron chi connectivity index (χ4n) is 2.73. The number of aryl methyl sites for hydroxylation is 1. The smallest absolute Gasteiger partial charge is 0.254 e. The number of piperazine rings is 1. The van der Waals surface area contributed by atoms with Gasteiger partial charge in [0.2, 0.25) is 10.0 Å². The van der Waals surface area contributed by atoms with Crippen molar-refractivity contribution in [1.82, 2.24) is 9.21 Å². The average molecular weight is 361 g/mol. The first-order valence-corrected chi connectivity index (χ1v) is 9.37. The number of pyridine rings is 1. The van der Waals surface area contributed by atoms with Crippen LogP contribution in [0.25, 0.3) is 0 Å². The second-order valence-corrected chi connectivity index (χ2v) is 7.89. The van der Waals surface area contributed by atoms with E-state index in [9.17, 15) is 18.4 Å².